The molecule has 2 aromatic heterocycles. The van der Waals surface area contributed by atoms with Gasteiger partial charge in [0, 0.05) is 35.5 Å². The van der Waals surface area contributed by atoms with Crippen LogP contribution in [-0.2, 0) is 11.2 Å². The molecule has 3 N–H and O–H groups in total. The van der Waals surface area contributed by atoms with Crippen LogP contribution in [0.5, 0.6) is 5.75 Å². The molecule has 1 aliphatic carbocycles. The molecular formula is C26H32N4O5. The van der Waals surface area contributed by atoms with Crippen molar-refractivity contribution in [3.63, 3.8) is 0 Å². The first-order chi connectivity index (χ1) is 17.0. The molecule has 9 heteroatoms. The first-order valence-corrected chi connectivity index (χ1v) is 12.1. The molecule has 0 spiro atoms. The van der Waals surface area contributed by atoms with Gasteiger partial charge in [0.2, 0.25) is 11.7 Å². The van der Waals surface area contributed by atoms with E-state index in [4.69, 9.17) is 14.4 Å². The highest BCUT2D eigenvalue weighted by molar-refractivity contribution is 5.76. The number of ether oxygens (including phenoxy) is 1. The highest BCUT2D eigenvalue weighted by Gasteiger charge is 2.20. The van der Waals surface area contributed by atoms with Crippen LogP contribution in [0.2, 0.25) is 0 Å². The predicted molar refractivity (Wildman–Crippen MR) is 130 cm³/mol. The van der Waals surface area contributed by atoms with E-state index in [1.54, 1.807) is 0 Å². The lowest BCUT2D eigenvalue weighted by Crippen LogP contribution is -2.36. The van der Waals surface area contributed by atoms with Crippen LogP contribution < -0.4 is 10.1 Å². The molecule has 0 saturated heterocycles. The van der Waals surface area contributed by atoms with E-state index in [0.717, 1.165) is 27.9 Å². The van der Waals surface area contributed by atoms with Crippen molar-refractivity contribution in [2.45, 2.75) is 58.0 Å². The van der Waals surface area contributed by atoms with Crippen LogP contribution in [0.25, 0.3) is 22.8 Å². The van der Waals surface area contributed by atoms with Crippen LogP contribution in [-0.4, -0.2) is 57.1 Å². The minimum atomic E-state index is -0.900. The number of benzene rings is 1. The third-order valence-corrected chi connectivity index (χ3v) is 6.32. The lowest BCUT2D eigenvalue weighted by atomic mass is 10.0. The summed E-state index contributed by atoms with van der Waals surface area (Å²) in [6.07, 6.45) is 6.46. The fourth-order valence-corrected chi connectivity index (χ4v) is 4.46. The van der Waals surface area contributed by atoms with Gasteiger partial charge in [-0.05, 0) is 61.6 Å². The molecule has 186 valence electrons. The number of aliphatic hydroxyl groups is 2. The van der Waals surface area contributed by atoms with Gasteiger partial charge in [-0.3, -0.25) is 9.78 Å². The van der Waals surface area contributed by atoms with Crippen LogP contribution in [0.1, 0.15) is 55.3 Å². The van der Waals surface area contributed by atoms with E-state index >= 15 is 0 Å². The molecule has 1 saturated carbocycles. The molecule has 0 radical (unpaired) electrons. The van der Waals surface area contributed by atoms with E-state index in [2.05, 4.69) is 26.5 Å². The highest BCUT2D eigenvalue weighted by Crippen LogP contribution is 2.35. The van der Waals surface area contributed by atoms with Gasteiger partial charge in [-0.1, -0.05) is 24.9 Å². The summed E-state index contributed by atoms with van der Waals surface area (Å²) in [7, 11) is 0. The summed E-state index contributed by atoms with van der Waals surface area (Å²) in [5.41, 5.74) is 4.61. The number of carbonyl (C=O) groups is 1. The van der Waals surface area contributed by atoms with E-state index in [0.29, 0.717) is 29.8 Å². The summed E-state index contributed by atoms with van der Waals surface area (Å²) in [4.78, 5) is 20.3. The second-order valence-corrected chi connectivity index (χ2v) is 8.94. The van der Waals surface area contributed by atoms with Gasteiger partial charge < -0.3 is 24.8 Å². The first kappa shape index (κ1) is 24.8. The standard InChI is InChI=1S/C26H32N4O5/c1-3-17-11-20(10-16(2)24(17)34-15-21(32)13-28-23(33)14-31)25-29-26(35-30-25)19-8-9-27-22(12-19)18-6-4-5-7-18/h8-12,18,21,31-32H,3-7,13-15H2,1-2H3,(H,28,33)/t21-/m0/s1. The Kier molecular flexibility index (Phi) is 8.09. The maximum atomic E-state index is 11.2. The predicted octanol–water partition coefficient (Wildman–Crippen LogP) is 3.18. The third-order valence-electron chi connectivity index (χ3n) is 6.32. The maximum absolute atomic E-state index is 11.2. The van der Waals surface area contributed by atoms with Gasteiger partial charge in [-0.15, -0.1) is 0 Å². The van der Waals surface area contributed by atoms with Crippen molar-refractivity contribution < 1.29 is 24.3 Å². The van der Waals surface area contributed by atoms with Crippen molar-refractivity contribution in [1.29, 1.82) is 0 Å². The zero-order valence-electron chi connectivity index (χ0n) is 20.2. The number of rotatable bonds is 10. The van der Waals surface area contributed by atoms with E-state index in [1.807, 2.05) is 38.2 Å². The van der Waals surface area contributed by atoms with Crippen molar-refractivity contribution in [2.24, 2.45) is 0 Å². The molecule has 0 aliphatic heterocycles. The molecule has 0 bridgehead atoms. The number of hydrogen-bond acceptors (Lipinski definition) is 8. The molecule has 35 heavy (non-hydrogen) atoms. The van der Waals surface area contributed by atoms with Crippen LogP contribution in [0.3, 0.4) is 0 Å². The zero-order valence-corrected chi connectivity index (χ0v) is 20.2. The van der Waals surface area contributed by atoms with Crippen molar-refractivity contribution in [1.82, 2.24) is 20.4 Å². The summed E-state index contributed by atoms with van der Waals surface area (Å²) >= 11 is 0. The smallest absolute Gasteiger partial charge is 0.258 e. The summed E-state index contributed by atoms with van der Waals surface area (Å²) < 4.78 is 11.5. The number of hydrogen-bond donors (Lipinski definition) is 3. The monoisotopic (exact) mass is 480 g/mol. The Balaban J connectivity index is 1.49. The summed E-state index contributed by atoms with van der Waals surface area (Å²) in [6, 6.07) is 7.85. The number of aromatic nitrogens is 3. The van der Waals surface area contributed by atoms with Gasteiger partial charge >= 0.3 is 0 Å². The molecule has 1 amide bonds. The number of amides is 1. The topological polar surface area (TPSA) is 131 Å². The molecule has 0 unspecified atom stereocenters. The Labute approximate surface area is 204 Å². The van der Waals surface area contributed by atoms with Gasteiger partial charge in [-0.25, -0.2) is 0 Å². The number of nitrogens with zero attached hydrogens (tertiary/aromatic N) is 3. The number of carbonyl (C=O) groups excluding carboxylic acids is 1. The lowest BCUT2D eigenvalue weighted by Gasteiger charge is -2.17. The molecular weight excluding hydrogens is 448 g/mol. The Morgan fingerprint density at radius 3 is 2.80 bits per heavy atom. The Hall–Kier alpha value is -3.30. The fraction of sp³-hybridized carbons (Fsp3) is 0.462. The van der Waals surface area contributed by atoms with E-state index < -0.39 is 18.6 Å². The quantitative estimate of drug-likeness (QED) is 0.403. The number of aliphatic hydroxyl groups excluding tert-OH is 2. The second kappa shape index (κ2) is 11.4. The highest BCUT2D eigenvalue weighted by atomic mass is 16.5. The Bertz CT molecular complexity index is 1160. The van der Waals surface area contributed by atoms with Crippen LogP contribution in [0.15, 0.2) is 35.0 Å². The third kappa shape index (κ3) is 6.04. The number of nitrogens with one attached hydrogen (secondary N) is 1. The SMILES string of the molecule is CCc1cc(-c2noc(-c3ccnc(C4CCCC4)c3)n2)cc(C)c1OC[C@@H](O)CNC(=O)CO. The Morgan fingerprint density at radius 2 is 2.06 bits per heavy atom. The average Bonchev–Trinajstić information content (AvgIpc) is 3.59. The van der Waals surface area contributed by atoms with Gasteiger partial charge in [-0.2, -0.15) is 4.98 Å². The van der Waals surface area contributed by atoms with Crippen molar-refractivity contribution in [3.05, 3.63) is 47.3 Å². The molecule has 1 aliphatic rings. The largest absolute Gasteiger partial charge is 0.490 e. The molecule has 1 atom stereocenters. The summed E-state index contributed by atoms with van der Waals surface area (Å²) in [5.74, 6) is 1.60. The summed E-state index contributed by atoms with van der Waals surface area (Å²) in [6.45, 7) is 3.34. The molecule has 3 aromatic rings. The Morgan fingerprint density at radius 1 is 1.26 bits per heavy atom. The maximum Gasteiger partial charge on any atom is 0.258 e. The average molecular weight is 481 g/mol. The van der Waals surface area contributed by atoms with Crippen LogP contribution in [0.4, 0.5) is 0 Å². The molecule has 4 rings (SSSR count). The molecule has 1 fully saturated rings. The molecule has 9 nitrogen and oxygen atoms in total. The lowest BCUT2D eigenvalue weighted by molar-refractivity contribution is -0.124. The first-order valence-electron chi connectivity index (χ1n) is 12.1. The van der Waals surface area contributed by atoms with Gasteiger partial charge in [0.15, 0.2) is 0 Å². The number of pyridine rings is 1. The van der Waals surface area contributed by atoms with Crippen LogP contribution in [0, 0.1) is 6.92 Å². The van der Waals surface area contributed by atoms with E-state index in [-0.39, 0.29) is 13.2 Å². The normalized spacial score (nSPS) is 14.7. The van der Waals surface area contributed by atoms with E-state index in [1.165, 1.54) is 25.7 Å². The zero-order chi connectivity index (χ0) is 24.8. The fourth-order valence-electron chi connectivity index (χ4n) is 4.46. The van der Waals surface area contributed by atoms with Crippen molar-refractivity contribution >= 4 is 5.91 Å². The van der Waals surface area contributed by atoms with Crippen molar-refractivity contribution in [2.75, 3.05) is 19.8 Å². The summed E-state index contributed by atoms with van der Waals surface area (Å²) in [5, 5.41) is 25.5. The van der Waals surface area contributed by atoms with E-state index in [9.17, 15) is 9.90 Å². The van der Waals surface area contributed by atoms with Gasteiger partial charge in [0.25, 0.3) is 5.89 Å². The van der Waals surface area contributed by atoms with Gasteiger partial charge in [0.1, 0.15) is 25.1 Å². The second-order valence-electron chi connectivity index (χ2n) is 8.94. The van der Waals surface area contributed by atoms with Gasteiger partial charge in [0.05, 0.1) is 0 Å². The minimum absolute atomic E-state index is 0.00108. The molecule has 2 heterocycles. The van der Waals surface area contributed by atoms with Crippen LogP contribution >= 0.6 is 0 Å². The minimum Gasteiger partial charge on any atom is -0.490 e. The molecule has 1 aromatic carbocycles. The number of aryl methyl sites for hydroxylation is 2. The van der Waals surface area contributed by atoms with Crippen molar-refractivity contribution in [3.8, 4) is 28.6 Å².